The van der Waals surface area contributed by atoms with Gasteiger partial charge in [-0.05, 0) is 20.8 Å². The summed E-state index contributed by atoms with van der Waals surface area (Å²) in [5.41, 5.74) is -2.76. The van der Waals surface area contributed by atoms with E-state index in [2.05, 4.69) is 39.2 Å². The molecular weight excluding hydrogens is 502 g/mol. The molecule has 14 nitrogen and oxygen atoms in total. The normalized spacial score (nSPS) is 11.1. The van der Waals surface area contributed by atoms with E-state index in [1.165, 1.54) is 6.08 Å². The maximum Gasteiger partial charge on any atom is 0.407 e. The van der Waals surface area contributed by atoms with Crippen molar-refractivity contribution in [2.24, 2.45) is 0 Å². The number of alkyl carbamates (subject to hydrolysis) is 1. The van der Waals surface area contributed by atoms with Crippen molar-refractivity contribution in [3.63, 3.8) is 0 Å². The Morgan fingerprint density at radius 3 is 1.79 bits per heavy atom. The number of carbonyl (C=O) groups is 2. The summed E-state index contributed by atoms with van der Waals surface area (Å²) < 4.78 is 13.1. The molecule has 0 spiro atoms. The van der Waals surface area contributed by atoms with Crippen molar-refractivity contribution in [1.29, 1.82) is 0 Å². The number of aromatic nitrogens is 3. The molecule has 1 rings (SSSR count). The van der Waals surface area contributed by atoms with Crippen molar-refractivity contribution in [3.8, 4) is 0 Å². The van der Waals surface area contributed by atoms with Crippen molar-refractivity contribution in [3.05, 3.63) is 56.8 Å². The molecule has 38 heavy (non-hydrogen) atoms. The van der Waals surface area contributed by atoms with E-state index in [9.17, 15) is 24.0 Å². The standard InChI is InChI=1S/C24H39N5O9/c1-6-16-37-38-19-14-28-23(33)26(12-17-35-20(30)7-2)22(32)27(24(28)34)13-18-36-21(31)25-11-15-29(8-3,9-4)10-5/h6-7H,1-2,8-19H2,3-5H3/p+1. The number of nitrogens with one attached hydrogen (secondary N) is 1. The van der Waals surface area contributed by atoms with Crippen molar-refractivity contribution < 1.29 is 33.3 Å². The van der Waals surface area contributed by atoms with Gasteiger partial charge in [0.1, 0.15) is 26.4 Å². The van der Waals surface area contributed by atoms with E-state index >= 15 is 0 Å². The van der Waals surface area contributed by atoms with Crippen LogP contribution in [0.1, 0.15) is 20.8 Å². The van der Waals surface area contributed by atoms with Crippen molar-refractivity contribution in [2.75, 3.05) is 59.2 Å². The third-order valence-corrected chi connectivity index (χ3v) is 6.19. The highest BCUT2D eigenvalue weighted by atomic mass is 17.2. The molecule has 0 radical (unpaired) electrons. The van der Waals surface area contributed by atoms with Crippen molar-refractivity contribution in [2.45, 2.75) is 40.4 Å². The average molecular weight is 543 g/mol. The third kappa shape index (κ3) is 9.76. The average Bonchev–Trinajstić information content (AvgIpc) is 2.92. The van der Waals surface area contributed by atoms with Crippen LogP contribution in [0.5, 0.6) is 0 Å². The Labute approximate surface area is 221 Å². The van der Waals surface area contributed by atoms with Crippen LogP contribution in [-0.2, 0) is 43.7 Å². The van der Waals surface area contributed by atoms with Gasteiger partial charge >= 0.3 is 29.1 Å². The highest BCUT2D eigenvalue weighted by Gasteiger charge is 2.21. The molecular formula is C24H40N5O9+. The molecule has 0 atom stereocenters. The number of carbonyl (C=O) groups excluding carboxylic acids is 2. The van der Waals surface area contributed by atoms with Gasteiger partial charge in [-0.2, -0.15) is 0 Å². The van der Waals surface area contributed by atoms with Gasteiger partial charge in [0.2, 0.25) is 0 Å². The van der Waals surface area contributed by atoms with E-state index in [1.54, 1.807) is 0 Å². The first-order valence-corrected chi connectivity index (χ1v) is 12.5. The van der Waals surface area contributed by atoms with Crippen LogP contribution in [0.4, 0.5) is 4.79 Å². The number of hydrogen-bond acceptors (Lipinski definition) is 9. The molecule has 14 heteroatoms. The van der Waals surface area contributed by atoms with Gasteiger partial charge in [0, 0.05) is 6.08 Å². The minimum Gasteiger partial charge on any atom is -0.461 e. The zero-order valence-electron chi connectivity index (χ0n) is 22.5. The van der Waals surface area contributed by atoms with E-state index in [-0.39, 0.29) is 46.1 Å². The van der Waals surface area contributed by atoms with Crippen LogP contribution in [0, 0.1) is 0 Å². The number of nitrogens with zero attached hydrogens (tertiary/aromatic N) is 4. The van der Waals surface area contributed by atoms with E-state index in [1.807, 2.05) is 0 Å². The van der Waals surface area contributed by atoms with E-state index in [0.717, 1.165) is 50.4 Å². The Balaban J connectivity index is 2.96. The second-order valence-electron chi connectivity index (χ2n) is 8.15. The molecule has 214 valence electrons. The predicted octanol–water partition coefficient (Wildman–Crippen LogP) is -0.362. The molecule has 0 aromatic carbocycles. The van der Waals surface area contributed by atoms with Crippen LogP contribution in [0.25, 0.3) is 0 Å². The van der Waals surface area contributed by atoms with E-state index in [4.69, 9.17) is 19.2 Å². The van der Waals surface area contributed by atoms with Crippen LogP contribution in [0.3, 0.4) is 0 Å². The second-order valence-corrected chi connectivity index (χ2v) is 8.15. The lowest BCUT2D eigenvalue weighted by Crippen LogP contribution is -2.55. The molecule has 1 heterocycles. The maximum atomic E-state index is 12.9. The smallest absolute Gasteiger partial charge is 0.407 e. The maximum absolute atomic E-state index is 12.9. The molecule has 0 bridgehead atoms. The predicted molar refractivity (Wildman–Crippen MR) is 139 cm³/mol. The summed E-state index contributed by atoms with van der Waals surface area (Å²) in [6, 6.07) is 0. The highest BCUT2D eigenvalue weighted by Crippen LogP contribution is 2.04. The molecule has 0 unspecified atom stereocenters. The first-order valence-electron chi connectivity index (χ1n) is 12.5. The van der Waals surface area contributed by atoms with Gasteiger partial charge in [0.15, 0.2) is 0 Å². The lowest BCUT2D eigenvalue weighted by Gasteiger charge is -2.35. The quantitative estimate of drug-likeness (QED) is 0.0470. The molecule has 1 amide bonds. The van der Waals surface area contributed by atoms with Gasteiger partial charge in [-0.25, -0.2) is 47.4 Å². The fourth-order valence-electron chi connectivity index (χ4n) is 3.66. The minimum absolute atomic E-state index is 0.0992. The Hall–Kier alpha value is -3.49. The van der Waals surface area contributed by atoms with Crippen LogP contribution in [0.15, 0.2) is 39.7 Å². The molecule has 0 saturated heterocycles. The zero-order chi connectivity index (χ0) is 28.6. The summed E-state index contributed by atoms with van der Waals surface area (Å²) in [6.07, 6.45) is 1.71. The summed E-state index contributed by atoms with van der Waals surface area (Å²) in [4.78, 5) is 71.8. The molecule has 0 saturated carbocycles. The van der Waals surface area contributed by atoms with Gasteiger partial charge in [0.05, 0.1) is 52.4 Å². The molecule has 1 aromatic rings. The van der Waals surface area contributed by atoms with Crippen LogP contribution < -0.4 is 22.4 Å². The lowest BCUT2D eigenvalue weighted by molar-refractivity contribution is -0.922. The molecule has 0 aliphatic heterocycles. The Morgan fingerprint density at radius 2 is 1.32 bits per heavy atom. The van der Waals surface area contributed by atoms with Gasteiger partial charge in [-0.1, -0.05) is 12.7 Å². The fraction of sp³-hybridized carbons (Fsp3) is 0.625. The summed E-state index contributed by atoms with van der Waals surface area (Å²) in [6.45, 7) is 15.5. The number of likely N-dealkylation sites (N-methyl/N-ethyl adjacent to an activating group) is 1. The third-order valence-electron chi connectivity index (χ3n) is 6.19. The monoisotopic (exact) mass is 542 g/mol. The highest BCUT2D eigenvalue weighted by molar-refractivity contribution is 5.81. The van der Waals surface area contributed by atoms with Crippen molar-refractivity contribution >= 4 is 12.1 Å². The number of amides is 1. The van der Waals surface area contributed by atoms with Gasteiger partial charge in [-0.15, -0.1) is 6.58 Å². The first kappa shape index (κ1) is 32.5. The molecule has 1 N–H and O–H groups in total. The summed E-state index contributed by atoms with van der Waals surface area (Å²) in [5, 5.41) is 2.68. The van der Waals surface area contributed by atoms with Crippen molar-refractivity contribution in [1.82, 2.24) is 19.0 Å². The van der Waals surface area contributed by atoms with Gasteiger partial charge < -0.3 is 19.3 Å². The van der Waals surface area contributed by atoms with Gasteiger partial charge in [-0.3, -0.25) is 0 Å². The summed E-state index contributed by atoms with van der Waals surface area (Å²) in [5.74, 6) is -0.730. The Bertz CT molecular complexity index is 1090. The summed E-state index contributed by atoms with van der Waals surface area (Å²) >= 11 is 0. The van der Waals surface area contributed by atoms with Gasteiger partial charge in [0.25, 0.3) is 0 Å². The zero-order valence-corrected chi connectivity index (χ0v) is 22.5. The minimum atomic E-state index is -0.936. The molecule has 0 aliphatic rings. The van der Waals surface area contributed by atoms with E-state index < -0.39 is 29.1 Å². The number of hydrogen-bond donors (Lipinski definition) is 1. The SMILES string of the molecule is C=CCOOCCn1c(=O)n(CCOC(=O)C=C)c(=O)n(CCOC(=O)NCC[N+](CC)(CC)CC)c1=O. The molecule has 0 fully saturated rings. The molecule has 1 aromatic heterocycles. The van der Waals surface area contributed by atoms with Crippen LogP contribution in [-0.4, -0.2) is 89.4 Å². The number of rotatable bonds is 19. The Kier molecular flexibility index (Phi) is 14.6. The summed E-state index contributed by atoms with van der Waals surface area (Å²) in [7, 11) is 0. The molecule has 0 aliphatic carbocycles. The second kappa shape index (κ2) is 17.1. The largest absolute Gasteiger partial charge is 0.461 e. The fourth-order valence-corrected chi connectivity index (χ4v) is 3.66. The van der Waals surface area contributed by atoms with Crippen LogP contribution in [0.2, 0.25) is 0 Å². The van der Waals surface area contributed by atoms with Crippen LogP contribution >= 0.6 is 0 Å². The lowest BCUT2D eigenvalue weighted by atomic mass is 10.3. The number of quaternary nitrogens is 1. The topological polar surface area (TPSA) is 149 Å². The number of ether oxygens (including phenoxy) is 2. The Morgan fingerprint density at radius 1 is 0.816 bits per heavy atom. The first-order chi connectivity index (χ1) is 18.2. The van der Waals surface area contributed by atoms with E-state index in [0.29, 0.717) is 6.54 Å². The number of esters is 1.